The third-order valence-corrected chi connectivity index (χ3v) is 4.81. The molecule has 0 unspecified atom stereocenters. The Morgan fingerprint density at radius 3 is 2.36 bits per heavy atom. The minimum Gasteiger partial charge on any atom is -0.497 e. The predicted octanol–water partition coefficient (Wildman–Crippen LogP) is 3.51. The Labute approximate surface area is 170 Å². The van der Waals surface area contributed by atoms with Crippen molar-refractivity contribution in [1.82, 2.24) is 10.6 Å². The van der Waals surface area contributed by atoms with Crippen LogP contribution in [0.3, 0.4) is 0 Å². The summed E-state index contributed by atoms with van der Waals surface area (Å²) < 4.78 is 16.5. The van der Waals surface area contributed by atoms with Crippen molar-refractivity contribution >= 4 is 5.96 Å². The zero-order valence-corrected chi connectivity index (χ0v) is 17.5. The number of benzene rings is 1. The summed E-state index contributed by atoms with van der Waals surface area (Å²) in [5.74, 6) is 1.70. The van der Waals surface area contributed by atoms with Crippen LogP contribution in [0.25, 0.3) is 0 Å². The highest BCUT2D eigenvalue weighted by atomic mass is 16.5. The Kier molecular flexibility index (Phi) is 11.4. The maximum atomic E-state index is 5.93. The molecule has 1 saturated carbocycles. The highest BCUT2D eigenvalue weighted by molar-refractivity contribution is 5.79. The molecule has 158 valence electrons. The van der Waals surface area contributed by atoms with Crippen LogP contribution >= 0.6 is 0 Å². The van der Waals surface area contributed by atoms with E-state index in [9.17, 15) is 0 Å². The molecule has 2 N–H and O–H groups in total. The zero-order valence-electron chi connectivity index (χ0n) is 17.5. The summed E-state index contributed by atoms with van der Waals surface area (Å²) in [5, 5.41) is 6.82. The summed E-state index contributed by atoms with van der Waals surface area (Å²) in [6.07, 6.45) is 7.51. The van der Waals surface area contributed by atoms with Crippen LogP contribution in [0.5, 0.6) is 5.75 Å². The first-order valence-corrected chi connectivity index (χ1v) is 10.7. The molecule has 6 heteroatoms. The minimum absolute atomic E-state index is 0.486. The normalized spacial score (nSPS) is 15.0. The highest BCUT2D eigenvalue weighted by Crippen LogP contribution is 2.20. The van der Waals surface area contributed by atoms with E-state index in [4.69, 9.17) is 19.2 Å². The molecule has 0 spiro atoms. The Hall–Kier alpha value is -1.79. The first-order valence-electron chi connectivity index (χ1n) is 10.7. The predicted molar refractivity (Wildman–Crippen MR) is 114 cm³/mol. The lowest BCUT2D eigenvalue weighted by molar-refractivity contribution is 0.0574. The molecule has 0 atom stereocenters. The molecule has 0 amide bonds. The lowest BCUT2D eigenvalue weighted by atomic mass is 10.2. The number of hydrogen-bond acceptors (Lipinski definition) is 4. The van der Waals surface area contributed by atoms with Crippen LogP contribution in [0.1, 0.15) is 51.0 Å². The van der Waals surface area contributed by atoms with Gasteiger partial charge in [-0.1, -0.05) is 25.0 Å². The zero-order chi connectivity index (χ0) is 19.9. The molecule has 2 rings (SSSR count). The molecule has 28 heavy (non-hydrogen) atoms. The van der Waals surface area contributed by atoms with Crippen LogP contribution in [0.4, 0.5) is 0 Å². The molecule has 1 fully saturated rings. The van der Waals surface area contributed by atoms with Crippen molar-refractivity contribution in [3.05, 3.63) is 29.8 Å². The Morgan fingerprint density at radius 1 is 1.04 bits per heavy atom. The van der Waals surface area contributed by atoms with E-state index in [1.54, 1.807) is 7.11 Å². The Morgan fingerprint density at radius 2 is 1.71 bits per heavy atom. The number of nitrogens with zero attached hydrogens (tertiary/aromatic N) is 1. The van der Waals surface area contributed by atoms with Gasteiger partial charge in [-0.05, 0) is 50.3 Å². The lowest BCUT2D eigenvalue weighted by Crippen LogP contribution is -2.39. The van der Waals surface area contributed by atoms with E-state index in [-0.39, 0.29) is 0 Å². The number of guanidine groups is 1. The molecular formula is C22H37N3O3. The summed E-state index contributed by atoms with van der Waals surface area (Å²) in [6, 6.07) is 8.02. The largest absolute Gasteiger partial charge is 0.497 e. The second-order valence-corrected chi connectivity index (χ2v) is 7.05. The summed E-state index contributed by atoms with van der Waals surface area (Å²) in [7, 11) is 1.68. The van der Waals surface area contributed by atoms with E-state index in [2.05, 4.69) is 10.6 Å². The van der Waals surface area contributed by atoms with Crippen molar-refractivity contribution in [2.45, 2.75) is 58.1 Å². The number of nitrogens with one attached hydrogen (secondary N) is 2. The average Bonchev–Trinajstić information content (AvgIpc) is 3.25. The van der Waals surface area contributed by atoms with Gasteiger partial charge in [0.25, 0.3) is 0 Å². The van der Waals surface area contributed by atoms with E-state index < -0.39 is 0 Å². The van der Waals surface area contributed by atoms with Crippen LogP contribution in [0, 0.1) is 0 Å². The summed E-state index contributed by atoms with van der Waals surface area (Å²) in [6.45, 7) is 6.68. The molecule has 0 aliphatic heterocycles. The molecule has 0 aromatic heterocycles. The first-order chi connectivity index (χ1) is 13.8. The molecule has 0 radical (unpaired) electrons. The van der Waals surface area contributed by atoms with Crippen molar-refractivity contribution < 1.29 is 14.2 Å². The van der Waals surface area contributed by atoms with Crippen molar-refractivity contribution in [3.8, 4) is 5.75 Å². The van der Waals surface area contributed by atoms with Crippen molar-refractivity contribution in [3.63, 3.8) is 0 Å². The Balaban J connectivity index is 1.73. The molecule has 0 bridgehead atoms. The van der Waals surface area contributed by atoms with Crippen LogP contribution < -0.4 is 15.4 Å². The fourth-order valence-corrected chi connectivity index (χ4v) is 3.18. The third kappa shape index (κ3) is 9.42. The van der Waals surface area contributed by atoms with Crippen LogP contribution in [-0.2, 0) is 16.0 Å². The Bertz CT molecular complexity index is 542. The second kappa shape index (κ2) is 14.2. The quantitative estimate of drug-likeness (QED) is 0.306. The van der Waals surface area contributed by atoms with Gasteiger partial charge in [0.15, 0.2) is 5.96 Å². The molecule has 1 aromatic carbocycles. The van der Waals surface area contributed by atoms with Gasteiger partial charge in [0, 0.05) is 32.9 Å². The molecule has 0 heterocycles. The van der Waals surface area contributed by atoms with Gasteiger partial charge in [-0.15, -0.1) is 0 Å². The van der Waals surface area contributed by atoms with Crippen molar-refractivity contribution in [1.29, 1.82) is 0 Å². The van der Waals surface area contributed by atoms with Gasteiger partial charge < -0.3 is 24.8 Å². The molecule has 1 aliphatic rings. The molecule has 1 aromatic rings. The summed E-state index contributed by atoms with van der Waals surface area (Å²) >= 11 is 0. The van der Waals surface area contributed by atoms with Gasteiger partial charge in [-0.25, -0.2) is 4.99 Å². The van der Waals surface area contributed by atoms with E-state index >= 15 is 0 Å². The van der Waals surface area contributed by atoms with Gasteiger partial charge in [0.2, 0.25) is 0 Å². The van der Waals surface area contributed by atoms with Crippen LogP contribution in [0.2, 0.25) is 0 Å². The summed E-state index contributed by atoms with van der Waals surface area (Å²) in [4.78, 5) is 4.71. The van der Waals surface area contributed by atoms with Crippen LogP contribution in [-0.4, -0.2) is 52.1 Å². The second-order valence-electron chi connectivity index (χ2n) is 7.05. The van der Waals surface area contributed by atoms with Gasteiger partial charge >= 0.3 is 0 Å². The monoisotopic (exact) mass is 391 g/mol. The highest BCUT2D eigenvalue weighted by Gasteiger charge is 2.14. The first kappa shape index (κ1) is 22.5. The number of hydrogen-bond donors (Lipinski definition) is 2. The fourth-order valence-electron chi connectivity index (χ4n) is 3.18. The average molecular weight is 392 g/mol. The number of ether oxygens (including phenoxy) is 3. The van der Waals surface area contributed by atoms with Gasteiger partial charge in [0.1, 0.15) is 5.75 Å². The van der Waals surface area contributed by atoms with Gasteiger partial charge in [-0.2, -0.15) is 0 Å². The van der Waals surface area contributed by atoms with E-state index in [0.29, 0.717) is 12.6 Å². The standard InChI is InChI=1S/C22H37N3O3/c1-3-27-16-6-14-23-22(24-15-7-17-28-21-8-4-5-9-21)25-18-19-10-12-20(26-2)13-11-19/h10-13,21H,3-9,14-18H2,1-2H3,(H2,23,24,25). The molecular weight excluding hydrogens is 354 g/mol. The maximum absolute atomic E-state index is 5.93. The van der Waals surface area contributed by atoms with E-state index in [1.807, 2.05) is 31.2 Å². The van der Waals surface area contributed by atoms with E-state index in [0.717, 1.165) is 63.0 Å². The fraction of sp³-hybridized carbons (Fsp3) is 0.682. The van der Waals surface area contributed by atoms with E-state index in [1.165, 1.54) is 25.7 Å². The number of aliphatic imine (C=N–C) groups is 1. The molecule has 6 nitrogen and oxygen atoms in total. The van der Waals surface area contributed by atoms with Crippen molar-refractivity contribution in [2.24, 2.45) is 4.99 Å². The lowest BCUT2D eigenvalue weighted by Gasteiger charge is -2.14. The van der Waals surface area contributed by atoms with Gasteiger partial charge in [0.05, 0.1) is 19.8 Å². The van der Waals surface area contributed by atoms with Gasteiger partial charge in [-0.3, -0.25) is 0 Å². The minimum atomic E-state index is 0.486. The SMILES string of the molecule is CCOCCCNC(=NCc1ccc(OC)cc1)NCCCOC1CCCC1. The maximum Gasteiger partial charge on any atom is 0.191 e. The van der Waals surface area contributed by atoms with Crippen LogP contribution in [0.15, 0.2) is 29.3 Å². The summed E-state index contributed by atoms with van der Waals surface area (Å²) in [5.41, 5.74) is 1.15. The van der Waals surface area contributed by atoms with Crippen molar-refractivity contribution in [2.75, 3.05) is 40.0 Å². The molecule has 0 saturated heterocycles. The number of methoxy groups -OCH3 is 1. The topological polar surface area (TPSA) is 64.1 Å². The molecule has 1 aliphatic carbocycles. The number of rotatable bonds is 13. The smallest absolute Gasteiger partial charge is 0.191 e. The third-order valence-electron chi connectivity index (χ3n) is 4.81.